The van der Waals surface area contributed by atoms with Crippen LogP contribution in [-0.4, -0.2) is 17.2 Å². The van der Waals surface area contributed by atoms with Gasteiger partial charge < -0.3 is 14.6 Å². The molecule has 1 amide bonds. The predicted molar refractivity (Wildman–Crippen MR) is 92.1 cm³/mol. The third kappa shape index (κ3) is 4.03. The molecule has 1 aromatic heterocycles. The molecule has 3 aromatic rings. The summed E-state index contributed by atoms with van der Waals surface area (Å²) in [6.45, 7) is 3.89. The van der Waals surface area contributed by atoms with Crippen molar-refractivity contribution in [3.63, 3.8) is 0 Å². The second-order valence-electron chi connectivity index (χ2n) is 5.72. The van der Waals surface area contributed by atoms with E-state index in [-0.39, 0.29) is 29.2 Å². The number of aromatic nitrogens is 1. The van der Waals surface area contributed by atoms with E-state index in [9.17, 15) is 9.18 Å². The zero-order valence-electron chi connectivity index (χ0n) is 13.8. The van der Waals surface area contributed by atoms with Crippen molar-refractivity contribution in [1.29, 1.82) is 0 Å². The zero-order chi connectivity index (χ0) is 17.8. The second kappa shape index (κ2) is 7.17. The lowest BCUT2D eigenvalue weighted by atomic mass is 10.1. The highest BCUT2D eigenvalue weighted by atomic mass is 19.1. The molecule has 5 nitrogen and oxygen atoms in total. The van der Waals surface area contributed by atoms with Crippen LogP contribution in [0.4, 0.5) is 10.1 Å². The van der Waals surface area contributed by atoms with E-state index >= 15 is 0 Å². The van der Waals surface area contributed by atoms with E-state index < -0.39 is 0 Å². The van der Waals surface area contributed by atoms with Crippen LogP contribution in [0.3, 0.4) is 0 Å². The number of rotatable bonds is 5. The molecule has 0 radical (unpaired) electrons. The van der Waals surface area contributed by atoms with Crippen LogP contribution in [0.5, 0.6) is 5.75 Å². The van der Waals surface area contributed by atoms with E-state index in [4.69, 9.17) is 9.26 Å². The van der Waals surface area contributed by atoms with Crippen LogP contribution < -0.4 is 10.1 Å². The first kappa shape index (κ1) is 16.7. The molecule has 0 fully saturated rings. The molecular weight excluding hydrogens is 323 g/mol. The number of nitrogens with zero attached hydrogens (tertiary/aromatic N) is 1. The van der Waals surface area contributed by atoms with Gasteiger partial charge in [-0.25, -0.2) is 4.39 Å². The Bertz CT molecular complexity index is 855. The summed E-state index contributed by atoms with van der Waals surface area (Å²) in [4.78, 5) is 12.5. The van der Waals surface area contributed by atoms with E-state index in [1.54, 1.807) is 24.3 Å². The van der Waals surface area contributed by atoms with Crippen LogP contribution in [0.2, 0.25) is 0 Å². The molecule has 0 saturated carbocycles. The summed E-state index contributed by atoms with van der Waals surface area (Å²) in [6, 6.07) is 12.7. The Morgan fingerprint density at radius 1 is 1.12 bits per heavy atom. The quantitative estimate of drug-likeness (QED) is 0.742. The highest BCUT2D eigenvalue weighted by Gasteiger charge is 2.18. The number of nitrogens with one attached hydrogen (secondary N) is 1. The number of carbonyl (C=O) groups is 1. The number of benzene rings is 2. The number of ether oxygens (including phenoxy) is 1. The Morgan fingerprint density at radius 2 is 1.80 bits per heavy atom. The molecule has 0 unspecified atom stereocenters. The van der Waals surface area contributed by atoms with E-state index in [0.717, 1.165) is 5.75 Å². The molecule has 0 aliphatic rings. The SMILES string of the molecule is CC(C)Oc1ccc(NC(=O)c2cnoc2-c2ccc(F)cc2)cc1. The maximum Gasteiger partial charge on any atom is 0.261 e. The highest BCUT2D eigenvalue weighted by molar-refractivity contribution is 6.07. The number of carbonyl (C=O) groups excluding carboxylic acids is 1. The van der Waals surface area contributed by atoms with E-state index in [1.807, 2.05) is 13.8 Å². The van der Waals surface area contributed by atoms with Crippen molar-refractivity contribution in [2.75, 3.05) is 5.32 Å². The van der Waals surface area contributed by atoms with Crippen LogP contribution in [0.25, 0.3) is 11.3 Å². The van der Waals surface area contributed by atoms with Crippen LogP contribution in [0.15, 0.2) is 59.3 Å². The fourth-order valence-electron chi connectivity index (χ4n) is 2.30. The van der Waals surface area contributed by atoms with Gasteiger partial charge in [0.25, 0.3) is 5.91 Å². The average molecular weight is 340 g/mol. The maximum absolute atomic E-state index is 13.1. The molecule has 128 valence electrons. The second-order valence-corrected chi connectivity index (χ2v) is 5.72. The van der Waals surface area contributed by atoms with Crippen molar-refractivity contribution < 1.29 is 18.4 Å². The van der Waals surface area contributed by atoms with Gasteiger partial charge in [-0.15, -0.1) is 0 Å². The van der Waals surface area contributed by atoms with Gasteiger partial charge >= 0.3 is 0 Å². The lowest BCUT2D eigenvalue weighted by Crippen LogP contribution is -2.12. The van der Waals surface area contributed by atoms with E-state index in [0.29, 0.717) is 11.3 Å². The topological polar surface area (TPSA) is 64.4 Å². The van der Waals surface area contributed by atoms with E-state index in [2.05, 4.69) is 10.5 Å². The first-order chi connectivity index (χ1) is 12.0. The summed E-state index contributed by atoms with van der Waals surface area (Å²) in [5.74, 6) is 0.290. The Labute approximate surface area is 144 Å². The Hall–Kier alpha value is -3.15. The van der Waals surface area contributed by atoms with Gasteiger partial charge in [-0.05, 0) is 62.4 Å². The number of hydrogen-bond acceptors (Lipinski definition) is 4. The largest absolute Gasteiger partial charge is 0.491 e. The predicted octanol–water partition coefficient (Wildman–Crippen LogP) is 4.52. The minimum atomic E-state index is -0.363. The molecule has 25 heavy (non-hydrogen) atoms. The average Bonchev–Trinajstić information content (AvgIpc) is 3.06. The lowest BCUT2D eigenvalue weighted by Gasteiger charge is -2.10. The molecule has 3 rings (SSSR count). The fraction of sp³-hybridized carbons (Fsp3) is 0.158. The van der Waals surface area contributed by atoms with Crippen LogP contribution in [-0.2, 0) is 0 Å². The summed E-state index contributed by atoms with van der Waals surface area (Å²) >= 11 is 0. The molecule has 0 spiro atoms. The molecule has 6 heteroatoms. The van der Waals surface area contributed by atoms with Crippen LogP contribution in [0.1, 0.15) is 24.2 Å². The number of anilines is 1. The van der Waals surface area contributed by atoms with Gasteiger partial charge in [0, 0.05) is 11.3 Å². The van der Waals surface area contributed by atoms with Crippen molar-refractivity contribution >= 4 is 11.6 Å². The molecule has 0 saturated heterocycles. The summed E-state index contributed by atoms with van der Waals surface area (Å²) in [5, 5.41) is 6.46. The first-order valence-electron chi connectivity index (χ1n) is 7.81. The van der Waals surface area contributed by atoms with Gasteiger partial charge in [-0.3, -0.25) is 4.79 Å². The van der Waals surface area contributed by atoms with Crippen molar-refractivity contribution in [2.24, 2.45) is 0 Å². The van der Waals surface area contributed by atoms with E-state index in [1.165, 1.54) is 30.5 Å². The molecule has 1 heterocycles. The van der Waals surface area contributed by atoms with Gasteiger partial charge in [0.05, 0.1) is 12.3 Å². The monoisotopic (exact) mass is 340 g/mol. The standard InChI is InChI=1S/C19H17FN2O3/c1-12(2)24-16-9-7-15(8-10-16)22-19(23)17-11-21-25-18(17)13-3-5-14(20)6-4-13/h3-12H,1-2H3,(H,22,23). The van der Waals surface area contributed by atoms with Gasteiger partial charge in [0.2, 0.25) is 0 Å². The van der Waals surface area contributed by atoms with Gasteiger partial charge in [0.15, 0.2) is 5.76 Å². The summed E-state index contributed by atoms with van der Waals surface area (Å²) in [6.07, 6.45) is 1.42. The van der Waals surface area contributed by atoms with Gasteiger partial charge in [-0.2, -0.15) is 0 Å². The minimum absolute atomic E-state index is 0.0794. The first-order valence-corrected chi connectivity index (χ1v) is 7.81. The Balaban J connectivity index is 1.76. The van der Waals surface area contributed by atoms with Crippen LogP contribution >= 0.6 is 0 Å². The number of amides is 1. The number of halogens is 1. The molecule has 0 bridgehead atoms. The summed E-state index contributed by atoms with van der Waals surface area (Å²) < 4.78 is 23.8. The number of hydrogen-bond donors (Lipinski definition) is 1. The summed E-state index contributed by atoms with van der Waals surface area (Å²) in [5.41, 5.74) is 1.46. The molecule has 0 aliphatic carbocycles. The molecule has 1 N–H and O–H groups in total. The molecule has 0 atom stereocenters. The Morgan fingerprint density at radius 3 is 2.44 bits per heavy atom. The molecule has 2 aromatic carbocycles. The van der Waals surface area contributed by atoms with Crippen molar-refractivity contribution in [3.05, 3.63) is 66.1 Å². The smallest absolute Gasteiger partial charge is 0.261 e. The van der Waals surface area contributed by atoms with Crippen molar-refractivity contribution in [1.82, 2.24) is 5.16 Å². The van der Waals surface area contributed by atoms with Gasteiger partial charge in [0.1, 0.15) is 17.1 Å². The highest BCUT2D eigenvalue weighted by Crippen LogP contribution is 2.25. The third-order valence-corrected chi connectivity index (χ3v) is 3.41. The van der Waals surface area contributed by atoms with Crippen molar-refractivity contribution in [2.45, 2.75) is 20.0 Å². The zero-order valence-corrected chi connectivity index (χ0v) is 13.8. The Kier molecular flexibility index (Phi) is 4.79. The third-order valence-electron chi connectivity index (χ3n) is 3.41. The van der Waals surface area contributed by atoms with Gasteiger partial charge in [-0.1, -0.05) is 5.16 Å². The molecule has 0 aliphatic heterocycles. The van der Waals surface area contributed by atoms with Crippen molar-refractivity contribution in [3.8, 4) is 17.1 Å². The fourth-order valence-corrected chi connectivity index (χ4v) is 2.30. The molecular formula is C19H17FN2O3. The lowest BCUT2D eigenvalue weighted by molar-refractivity contribution is 0.102. The maximum atomic E-state index is 13.1. The normalized spacial score (nSPS) is 10.7. The van der Waals surface area contributed by atoms with Crippen LogP contribution in [0, 0.1) is 5.82 Å². The summed E-state index contributed by atoms with van der Waals surface area (Å²) in [7, 11) is 0. The minimum Gasteiger partial charge on any atom is -0.491 e.